The van der Waals surface area contributed by atoms with Gasteiger partial charge in [0.1, 0.15) is 0 Å². The van der Waals surface area contributed by atoms with Crippen LogP contribution in [0, 0.1) is 13.8 Å². The van der Waals surface area contributed by atoms with Crippen LogP contribution in [-0.4, -0.2) is 6.54 Å². The Balaban J connectivity index is 2.53. The van der Waals surface area contributed by atoms with Crippen LogP contribution in [-0.2, 0) is 6.54 Å². The van der Waals surface area contributed by atoms with E-state index in [4.69, 9.17) is 11.6 Å². The fraction of sp³-hybridized carbons (Fsp3) is 0.294. The lowest BCUT2D eigenvalue weighted by Gasteiger charge is -2.14. The predicted molar refractivity (Wildman–Crippen MR) is 83.7 cm³/mol. The molecular weight excluding hydrogens is 254 g/mol. The van der Waals surface area contributed by atoms with Gasteiger partial charge in [0, 0.05) is 11.6 Å². The molecule has 1 N–H and O–H groups in total. The molecule has 0 aliphatic carbocycles. The second-order valence-electron chi connectivity index (χ2n) is 4.83. The third-order valence-corrected chi connectivity index (χ3v) is 3.77. The van der Waals surface area contributed by atoms with Gasteiger partial charge in [0.15, 0.2) is 0 Å². The molecule has 0 amide bonds. The molecule has 0 aliphatic heterocycles. The average Bonchev–Trinajstić information content (AvgIpc) is 2.40. The van der Waals surface area contributed by atoms with E-state index in [0.29, 0.717) is 0 Å². The standard InChI is InChI=1S/C17H20ClN/c1-4-19-11-14-8-9-15(18)10-17(14)16-7-5-6-12(2)13(16)3/h5-10,19H,4,11H2,1-3H3. The zero-order chi connectivity index (χ0) is 13.8. The maximum absolute atomic E-state index is 6.17. The molecule has 0 aromatic heterocycles. The Morgan fingerprint density at radius 1 is 1.05 bits per heavy atom. The van der Waals surface area contributed by atoms with Gasteiger partial charge in [-0.1, -0.05) is 42.8 Å². The Kier molecular flexibility index (Phi) is 4.62. The molecule has 0 spiro atoms. The quantitative estimate of drug-likeness (QED) is 0.849. The van der Waals surface area contributed by atoms with E-state index in [1.54, 1.807) is 0 Å². The molecule has 0 radical (unpaired) electrons. The second kappa shape index (κ2) is 6.23. The van der Waals surface area contributed by atoms with Crippen LogP contribution >= 0.6 is 11.6 Å². The van der Waals surface area contributed by atoms with E-state index in [9.17, 15) is 0 Å². The van der Waals surface area contributed by atoms with E-state index >= 15 is 0 Å². The SMILES string of the molecule is CCNCc1ccc(Cl)cc1-c1cccc(C)c1C. The largest absolute Gasteiger partial charge is 0.313 e. The first kappa shape index (κ1) is 14.1. The number of nitrogens with one attached hydrogen (secondary N) is 1. The van der Waals surface area contributed by atoms with Crippen molar-refractivity contribution >= 4 is 11.6 Å². The molecule has 100 valence electrons. The van der Waals surface area contributed by atoms with Crippen LogP contribution in [0.25, 0.3) is 11.1 Å². The lowest BCUT2D eigenvalue weighted by molar-refractivity contribution is 0.728. The van der Waals surface area contributed by atoms with Crippen molar-refractivity contribution in [3.8, 4) is 11.1 Å². The molecule has 0 saturated carbocycles. The summed E-state index contributed by atoms with van der Waals surface area (Å²) in [6, 6.07) is 12.6. The van der Waals surface area contributed by atoms with Gasteiger partial charge in [-0.15, -0.1) is 0 Å². The highest BCUT2D eigenvalue weighted by molar-refractivity contribution is 6.30. The smallest absolute Gasteiger partial charge is 0.0412 e. The molecule has 0 aliphatic rings. The van der Waals surface area contributed by atoms with E-state index in [0.717, 1.165) is 18.1 Å². The molecular formula is C17H20ClN. The summed E-state index contributed by atoms with van der Waals surface area (Å²) in [7, 11) is 0. The summed E-state index contributed by atoms with van der Waals surface area (Å²) in [6.07, 6.45) is 0. The average molecular weight is 274 g/mol. The van der Waals surface area contributed by atoms with Crippen LogP contribution in [0.15, 0.2) is 36.4 Å². The fourth-order valence-electron chi connectivity index (χ4n) is 2.26. The van der Waals surface area contributed by atoms with E-state index in [1.807, 2.05) is 6.07 Å². The topological polar surface area (TPSA) is 12.0 Å². The van der Waals surface area contributed by atoms with Gasteiger partial charge in [0.05, 0.1) is 0 Å². The zero-order valence-electron chi connectivity index (χ0n) is 11.8. The molecule has 0 fully saturated rings. The van der Waals surface area contributed by atoms with Crippen LogP contribution in [0.2, 0.25) is 5.02 Å². The molecule has 19 heavy (non-hydrogen) atoms. The third kappa shape index (κ3) is 3.17. The highest BCUT2D eigenvalue weighted by Gasteiger charge is 2.09. The van der Waals surface area contributed by atoms with Crippen molar-refractivity contribution in [1.29, 1.82) is 0 Å². The fourth-order valence-corrected chi connectivity index (χ4v) is 2.43. The minimum Gasteiger partial charge on any atom is -0.313 e. The van der Waals surface area contributed by atoms with Crippen LogP contribution in [0.5, 0.6) is 0 Å². The Labute approximate surface area is 120 Å². The number of benzene rings is 2. The van der Waals surface area contributed by atoms with Crippen molar-refractivity contribution in [2.45, 2.75) is 27.3 Å². The third-order valence-electron chi connectivity index (χ3n) is 3.53. The zero-order valence-corrected chi connectivity index (χ0v) is 12.5. The molecule has 0 unspecified atom stereocenters. The summed E-state index contributed by atoms with van der Waals surface area (Å²) < 4.78 is 0. The van der Waals surface area contributed by atoms with Gasteiger partial charge in [-0.25, -0.2) is 0 Å². The Morgan fingerprint density at radius 2 is 1.84 bits per heavy atom. The minimum absolute atomic E-state index is 0.788. The Bertz CT molecular complexity index is 575. The molecule has 1 nitrogen and oxygen atoms in total. The maximum atomic E-state index is 6.17. The number of aryl methyl sites for hydroxylation is 1. The maximum Gasteiger partial charge on any atom is 0.0412 e. The van der Waals surface area contributed by atoms with E-state index in [2.05, 4.69) is 56.4 Å². The van der Waals surface area contributed by atoms with Crippen molar-refractivity contribution < 1.29 is 0 Å². The van der Waals surface area contributed by atoms with E-state index in [-0.39, 0.29) is 0 Å². The van der Waals surface area contributed by atoms with Gasteiger partial charge in [-0.05, 0) is 60.3 Å². The normalized spacial score (nSPS) is 10.7. The molecule has 2 heteroatoms. The van der Waals surface area contributed by atoms with Gasteiger partial charge in [0.2, 0.25) is 0 Å². The lowest BCUT2D eigenvalue weighted by atomic mass is 9.93. The second-order valence-corrected chi connectivity index (χ2v) is 5.27. The lowest BCUT2D eigenvalue weighted by Crippen LogP contribution is -2.12. The summed E-state index contributed by atoms with van der Waals surface area (Å²) in [4.78, 5) is 0. The van der Waals surface area contributed by atoms with E-state index in [1.165, 1.54) is 27.8 Å². The van der Waals surface area contributed by atoms with Crippen LogP contribution < -0.4 is 5.32 Å². The number of halogens is 1. The number of hydrogen-bond donors (Lipinski definition) is 1. The van der Waals surface area contributed by atoms with Crippen molar-refractivity contribution in [2.75, 3.05) is 6.54 Å². The van der Waals surface area contributed by atoms with Crippen LogP contribution in [0.1, 0.15) is 23.6 Å². The molecule has 0 heterocycles. The molecule has 0 saturated heterocycles. The van der Waals surface area contributed by atoms with Crippen molar-refractivity contribution in [3.05, 3.63) is 58.1 Å². The summed E-state index contributed by atoms with van der Waals surface area (Å²) in [5.74, 6) is 0. The van der Waals surface area contributed by atoms with E-state index < -0.39 is 0 Å². The highest BCUT2D eigenvalue weighted by Crippen LogP contribution is 2.30. The number of hydrogen-bond acceptors (Lipinski definition) is 1. The summed E-state index contributed by atoms with van der Waals surface area (Å²) in [6.45, 7) is 8.27. The van der Waals surface area contributed by atoms with Crippen LogP contribution in [0.3, 0.4) is 0 Å². The van der Waals surface area contributed by atoms with Gasteiger partial charge < -0.3 is 5.32 Å². The van der Waals surface area contributed by atoms with Gasteiger partial charge in [-0.2, -0.15) is 0 Å². The number of rotatable bonds is 4. The molecule has 0 atom stereocenters. The van der Waals surface area contributed by atoms with Gasteiger partial charge in [0.25, 0.3) is 0 Å². The Morgan fingerprint density at radius 3 is 2.58 bits per heavy atom. The predicted octanol–water partition coefficient (Wildman–Crippen LogP) is 4.73. The first-order valence-electron chi connectivity index (χ1n) is 6.69. The minimum atomic E-state index is 0.788. The summed E-state index contributed by atoms with van der Waals surface area (Å²) in [5, 5.41) is 4.17. The summed E-state index contributed by atoms with van der Waals surface area (Å²) in [5.41, 5.74) is 6.43. The van der Waals surface area contributed by atoms with Gasteiger partial charge in [-0.3, -0.25) is 0 Å². The molecule has 2 aromatic rings. The molecule has 2 rings (SSSR count). The van der Waals surface area contributed by atoms with Gasteiger partial charge >= 0.3 is 0 Å². The monoisotopic (exact) mass is 273 g/mol. The molecule has 0 bridgehead atoms. The Hall–Kier alpha value is -1.31. The van der Waals surface area contributed by atoms with Crippen molar-refractivity contribution in [3.63, 3.8) is 0 Å². The van der Waals surface area contributed by atoms with Crippen molar-refractivity contribution in [1.82, 2.24) is 5.32 Å². The summed E-state index contributed by atoms with van der Waals surface area (Å²) >= 11 is 6.17. The van der Waals surface area contributed by atoms with Crippen LogP contribution in [0.4, 0.5) is 0 Å². The van der Waals surface area contributed by atoms with Crippen molar-refractivity contribution in [2.24, 2.45) is 0 Å². The molecule has 2 aromatic carbocycles. The first-order valence-corrected chi connectivity index (χ1v) is 7.07. The first-order chi connectivity index (χ1) is 9.13. The highest BCUT2D eigenvalue weighted by atomic mass is 35.5.